The number of rotatable bonds is 5. The van der Waals surface area contributed by atoms with Gasteiger partial charge in [0.15, 0.2) is 11.5 Å². The number of amides is 1. The van der Waals surface area contributed by atoms with Crippen LogP contribution in [0.3, 0.4) is 0 Å². The smallest absolute Gasteiger partial charge is 0.225 e. The van der Waals surface area contributed by atoms with Gasteiger partial charge in [0.25, 0.3) is 0 Å². The third-order valence-corrected chi connectivity index (χ3v) is 6.34. The summed E-state index contributed by atoms with van der Waals surface area (Å²) in [4.78, 5) is 20.3. The predicted molar refractivity (Wildman–Crippen MR) is 105 cm³/mol. The number of hydrogen-bond acceptors (Lipinski definition) is 5. The second-order valence-electron chi connectivity index (χ2n) is 8.50. The predicted octanol–water partition coefficient (Wildman–Crippen LogP) is 3.27. The molecule has 1 aromatic carbocycles. The van der Waals surface area contributed by atoms with Crippen molar-refractivity contribution in [2.24, 2.45) is 5.92 Å². The molecular weight excluding hydrogens is 356 g/mol. The summed E-state index contributed by atoms with van der Waals surface area (Å²) in [5, 5.41) is 0. The van der Waals surface area contributed by atoms with Crippen molar-refractivity contribution < 1.29 is 19.1 Å². The molecule has 6 heteroatoms. The van der Waals surface area contributed by atoms with Crippen LogP contribution in [-0.4, -0.2) is 42.7 Å². The second kappa shape index (κ2) is 6.99. The van der Waals surface area contributed by atoms with Crippen molar-refractivity contribution in [3.05, 3.63) is 29.8 Å². The van der Waals surface area contributed by atoms with Gasteiger partial charge in [-0.05, 0) is 62.8 Å². The molecule has 28 heavy (non-hydrogen) atoms. The van der Waals surface area contributed by atoms with Crippen LogP contribution in [0.15, 0.2) is 24.3 Å². The van der Waals surface area contributed by atoms with Crippen LogP contribution in [-0.2, 0) is 9.63 Å². The Labute approximate surface area is 165 Å². The third kappa shape index (κ3) is 3.34. The summed E-state index contributed by atoms with van der Waals surface area (Å²) in [6, 6.07) is 5.99. The molecule has 4 aliphatic rings. The van der Waals surface area contributed by atoms with Crippen LogP contribution in [0.25, 0.3) is 5.70 Å². The molecule has 0 aromatic heterocycles. The fraction of sp³-hybridized carbons (Fsp3) is 0.591. The van der Waals surface area contributed by atoms with Crippen molar-refractivity contribution in [3.8, 4) is 11.5 Å². The van der Waals surface area contributed by atoms with Gasteiger partial charge < -0.3 is 14.4 Å². The molecule has 6 nitrogen and oxygen atoms in total. The van der Waals surface area contributed by atoms with Crippen molar-refractivity contribution in [1.29, 1.82) is 0 Å². The molecule has 1 unspecified atom stereocenters. The average Bonchev–Trinajstić information content (AvgIpc) is 3.10. The van der Waals surface area contributed by atoms with Crippen LogP contribution >= 0.6 is 0 Å². The molecule has 1 amide bonds. The molecule has 2 aliphatic heterocycles. The summed E-state index contributed by atoms with van der Waals surface area (Å²) in [7, 11) is 1.67. The van der Waals surface area contributed by atoms with Crippen LogP contribution in [0, 0.1) is 5.92 Å². The van der Waals surface area contributed by atoms with Crippen LogP contribution in [0.1, 0.15) is 50.5 Å². The van der Waals surface area contributed by atoms with Gasteiger partial charge >= 0.3 is 0 Å². The molecule has 5 rings (SSSR count). The van der Waals surface area contributed by atoms with Crippen molar-refractivity contribution >= 4 is 11.6 Å². The molecule has 1 aromatic rings. The topological polar surface area (TPSA) is 60.0 Å². The van der Waals surface area contributed by atoms with E-state index < -0.39 is 5.60 Å². The van der Waals surface area contributed by atoms with Gasteiger partial charge in [0.2, 0.25) is 5.91 Å². The van der Waals surface area contributed by atoms with Gasteiger partial charge in [-0.25, -0.2) is 0 Å². The molecule has 0 radical (unpaired) electrons. The monoisotopic (exact) mass is 384 g/mol. The van der Waals surface area contributed by atoms with Crippen molar-refractivity contribution in [2.45, 2.75) is 56.7 Å². The fourth-order valence-corrected chi connectivity index (χ4v) is 4.53. The quantitative estimate of drug-likeness (QED) is 0.844. The van der Waals surface area contributed by atoms with Gasteiger partial charge in [0.05, 0.1) is 25.5 Å². The van der Waals surface area contributed by atoms with E-state index in [1.54, 1.807) is 7.11 Å². The van der Waals surface area contributed by atoms with E-state index in [0.29, 0.717) is 12.5 Å². The highest BCUT2D eigenvalue weighted by atomic mass is 16.7. The van der Waals surface area contributed by atoms with E-state index in [1.807, 2.05) is 23.1 Å². The van der Waals surface area contributed by atoms with Gasteiger partial charge in [-0.1, -0.05) is 0 Å². The Balaban J connectivity index is 1.34. The van der Waals surface area contributed by atoms with Gasteiger partial charge in [-0.15, -0.1) is 0 Å². The second-order valence-corrected chi connectivity index (χ2v) is 8.50. The first-order valence-electron chi connectivity index (χ1n) is 10.5. The fourth-order valence-electron chi connectivity index (χ4n) is 4.53. The Morgan fingerprint density at radius 2 is 2.04 bits per heavy atom. The van der Waals surface area contributed by atoms with E-state index in [4.69, 9.17) is 14.3 Å². The van der Waals surface area contributed by atoms with Crippen LogP contribution < -0.4 is 15.0 Å². The maximum absolute atomic E-state index is 12.4. The lowest BCUT2D eigenvalue weighted by Gasteiger charge is -2.20. The normalized spacial score (nSPS) is 27.2. The Kier molecular flexibility index (Phi) is 4.46. The highest BCUT2D eigenvalue weighted by molar-refractivity contribution is 5.81. The first kappa shape index (κ1) is 17.9. The van der Waals surface area contributed by atoms with E-state index in [0.717, 1.165) is 61.4 Å². The number of nitrogens with zero attached hydrogens (tertiary/aromatic N) is 1. The van der Waals surface area contributed by atoms with E-state index in [-0.39, 0.29) is 12.0 Å². The highest BCUT2D eigenvalue weighted by Crippen LogP contribution is 2.39. The lowest BCUT2D eigenvalue weighted by molar-refractivity contribution is -0.132. The summed E-state index contributed by atoms with van der Waals surface area (Å²) >= 11 is 0. The SMILES string of the molecule is COc1ccc(C2=CC3(CCN(C(=O)C4CC4)C3)ON2)cc1OC1CCCC1. The molecule has 2 heterocycles. The number of hydrogen-bond donors (Lipinski definition) is 1. The minimum atomic E-state index is -0.424. The number of likely N-dealkylation sites (tertiary alicyclic amines) is 1. The van der Waals surface area contributed by atoms with Crippen LogP contribution in [0.2, 0.25) is 0 Å². The van der Waals surface area contributed by atoms with Crippen molar-refractivity contribution in [3.63, 3.8) is 0 Å². The molecule has 1 atom stereocenters. The van der Waals surface area contributed by atoms with Crippen LogP contribution in [0.5, 0.6) is 11.5 Å². The molecule has 150 valence electrons. The summed E-state index contributed by atoms with van der Waals surface area (Å²) in [6.07, 6.45) is 9.97. The van der Waals surface area contributed by atoms with Crippen molar-refractivity contribution in [2.75, 3.05) is 20.2 Å². The minimum absolute atomic E-state index is 0.254. The van der Waals surface area contributed by atoms with Crippen molar-refractivity contribution in [1.82, 2.24) is 10.4 Å². The Morgan fingerprint density at radius 1 is 1.21 bits per heavy atom. The lowest BCUT2D eigenvalue weighted by Crippen LogP contribution is -2.37. The molecule has 2 saturated carbocycles. The maximum Gasteiger partial charge on any atom is 0.225 e. The van der Waals surface area contributed by atoms with E-state index in [9.17, 15) is 4.79 Å². The first-order chi connectivity index (χ1) is 13.7. The Morgan fingerprint density at radius 3 is 2.79 bits per heavy atom. The molecule has 1 saturated heterocycles. The number of nitrogens with one attached hydrogen (secondary N) is 1. The van der Waals surface area contributed by atoms with E-state index in [2.05, 4.69) is 11.6 Å². The highest BCUT2D eigenvalue weighted by Gasteiger charge is 2.46. The largest absolute Gasteiger partial charge is 0.493 e. The number of carbonyl (C=O) groups is 1. The lowest BCUT2D eigenvalue weighted by atomic mass is 10.0. The molecule has 1 spiro atoms. The zero-order valence-electron chi connectivity index (χ0n) is 16.4. The van der Waals surface area contributed by atoms with E-state index in [1.165, 1.54) is 12.8 Å². The molecule has 3 fully saturated rings. The van der Waals surface area contributed by atoms with Gasteiger partial charge in [-0.3, -0.25) is 15.1 Å². The number of ether oxygens (including phenoxy) is 2. The standard InChI is InChI=1S/C22H28N2O4/c1-26-19-9-8-16(12-20(19)27-17-4-2-3-5-17)18-13-22(28-23-18)10-11-24(14-22)21(25)15-6-7-15/h8-9,12-13,15,17,23H,2-7,10-11,14H2,1H3. The number of methoxy groups -OCH3 is 1. The Hall–Kier alpha value is -2.21. The van der Waals surface area contributed by atoms with Gasteiger partial charge in [0, 0.05) is 24.4 Å². The number of benzene rings is 1. The zero-order valence-corrected chi connectivity index (χ0v) is 16.4. The minimum Gasteiger partial charge on any atom is -0.493 e. The van der Waals surface area contributed by atoms with Gasteiger partial charge in [0.1, 0.15) is 5.60 Å². The molecule has 1 N–H and O–H groups in total. The van der Waals surface area contributed by atoms with Gasteiger partial charge in [-0.2, -0.15) is 0 Å². The average molecular weight is 384 g/mol. The Bertz CT molecular complexity index is 798. The molecule has 2 aliphatic carbocycles. The summed E-state index contributed by atoms with van der Waals surface area (Å²) in [6.45, 7) is 1.39. The zero-order chi connectivity index (χ0) is 19.1. The summed E-state index contributed by atoms with van der Waals surface area (Å²) < 4.78 is 11.7. The third-order valence-electron chi connectivity index (χ3n) is 6.34. The maximum atomic E-state index is 12.4. The first-order valence-corrected chi connectivity index (χ1v) is 10.5. The number of hydroxylamine groups is 1. The summed E-state index contributed by atoms with van der Waals surface area (Å²) in [5.74, 6) is 2.09. The number of carbonyl (C=O) groups excluding carboxylic acids is 1. The van der Waals surface area contributed by atoms with Crippen LogP contribution in [0.4, 0.5) is 0 Å². The van der Waals surface area contributed by atoms with E-state index >= 15 is 0 Å². The molecular formula is C22H28N2O4. The summed E-state index contributed by atoms with van der Waals surface area (Å²) in [5.41, 5.74) is 4.61. The molecule has 0 bridgehead atoms.